The molecule has 1 aliphatic heterocycles. The largest absolute Gasteiger partial charge is 0.372 e. The van der Waals surface area contributed by atoms with Crippen LogP contribution in [0.4, 0.5) is 28.4 Å². The average Bonchev–Trinajstić information content (AvgIpc) is 2.89. The van der Waals surface area contributed by atoms with E-state index in [1.807, 2.05) is 12.1 Å². The van der Waals surface area contributed by atoms with E-state index < -0.39 is 16.7 Å². The number of imide groups is 1. The van der Waals surface area contributed by atoms with Crippen LogP contribution in [-0.2, 0) is 0 Å². The van der Waals surface area contributed by atoms with Gasteiger partial charge in [-0.3, -0.25) is 19.7 Å². The summed E-state index contributed by atoms with van der Waals surface area (Å²) in [5.41, 5.74) is 2.22. The van der Waals surface area contributed by atoms with Crippen molar-refractivity contribution < 1.29 is 14.5 Å². The summed E-state index contributed by atoms with van der Waals surface area (Å²) in [6.45, 7) is 5.74. The Kier molecular flexibility index (Phi) is 6.27. The number of nitro benzene ring substituents is 1. The number of nitrogens with zero attached hydrogens (tertiary/aromatic N) is 3. The standard InChI is InChI=1S/C28H23ClN4O4/c1-3-31(4-2)19-11-13-20(14-12-19)32-27(34)22-10-6-9-21-25(22)23(28(32)35)16-24(33(36)37)26(21)30-18-8-5-7-17(29)15-18/h5-16,30H,3-4H2,1-2H3. The SMILES string of the molecule is CCN(CC)c1ccc(N2C(=O)c3cccc4c(Nc5cccc(Cl)c5)c([N+](=O)[O-])cc(c34)C2=O)cc1. The number of hydrogen-bond donors (Lipinski definition) is 1. The Hall–Kier alpha value is -4.43. The molecule has 9 heteroatoms. The van der Waals surface area contributed by atoms with Gasteiger partial charge in [0.25, 0.3) is 17.5 Å². The number of carbonyl (C=O) groups is 2. The summed E-state index contributed by atoms with van der Waals surface area (Å²) in [4.78, 5) is 42.1. The van der Waals surface area contributed by atoms with E-state index in [0.29, 0.717) is 32.7 Å². The molecule has 5 rings (SSSR count). The number of nitrogens with one attached hydrogen (secondary N) is 1. The summed E-state index contributed by atoms with van der Waals surface area (Å²) in [6.07, 6.45) is 0. The van der Waals surface area contributed by atoms with Crippen LogP contribution in [0.5, 0.6) is 0 Å². The Bertz CT molecular complexity index is 1570. The van der Waals surface area contributed by atoms with Gasteiger partial charge >= 0.3 is 0 Å². The Morgan fingerprint density at radius 2 is 1.59 bits per heavy atom. The predicted octanol–water partition coefficient (Wildman–Crippen LogP) is 6.79. The molecule has 0 aliphatic carbocycles. The van der Waals surface area contributed by atoms with Crippen molar-refractivity contribution in [3.63, 3.8) is 0 Å². The number of carbonyl (C=O) groups excluding carboxylic acids is 2. The van der Waals surface area contributed by atoms with Crippen molar-refractivity contribution in [2.75, 3.05) is 28.2 Å². The molecular formula is C28H23ClN4O4. The van der Waals surface area contributed by atoms with Crippen molar-refractivity contribution in [2.45, 2.75) is 13.8 Å². The van der Waals surface area contributed by atoms with Gasteiger partial charge in [-0.05, 0) is 62.4 Å². The predicted molar refractivity (Wildman–Crippen MR) is 146 cm³/mol. The lowest BCUT2D eigenvalue weighted by Crippen LogP contribution is -2.40. The van der Waals surface area contributed by atoms with Gasteiger partial charge in [0.1, 0.15) is 5.69 Å². The van der Waals surface area contributed by atoms with Gasteiger partial charge in [0.15, 0.2) is 0 Å². The summed E-state index contributed by atoms with van der Waals surface area (Å²) in [5.74, 6) is -1.09. The lowest BCUT2D eigenvalue weighted by molar-refractivity contribution is -0.383. The molecule has 0 fully saturated rings. The molecule has 0 bridgehead atoms. The molecule has 0 atom stereocenters. The van der Waals surface area contributed by atoms with Crippen LogP contribution in [-0.4, -0.2) is 29.8 Å². The van der Waals surface area contributed by atoms with Gasteiger partial charge in [-0.2, -0.15) is 0 Å². The first kappa shape index (κ1) is 24.3. The topological polar surface area (TPSA) is 95.8 Å². The molecule has 0 radical (unpaired) electrons. The number of amides is 2. The van der Waals surface area contributed by atoms with E-state index in [0.717, 1.165) is 23.7 Å². The molecule has 0 spiro atoms. The van der Waals surface area contributed by atoms with Crippen LogP contribution >= 0.6 is 11.6 Å². The van der Waals surface area contributed by atoms with Crippen LogP contribution in [0.3, 0.4) is 0 Å². The van der Waals surface area contributed by atoms with Gasteiger partial charge in [-0.1, -0.05) is 29.8 Å². The van der Waals surface area contributed by atoms with Crippen molar-refractivity contribution in [3.05, 3.63) is 99.1 Å². The van der Waals surface area contributed by atoms with Gasteiger partial charge < -0.3 is 10.2 Å². The number of rotatable bonds is 7. The minimum Gasteiger partial charge on any atom is -0.372 e. The highest BCUT2D eigenvalue weighted by atomic mass is 35.5. The molecule has 8 nitrogen and oxygen atoms in total. The summed E-state index contributed by atoms with van der Waals surface area (Å²) >= 11 is 6.10. The zero-order valence-corrected chi connectivity index (χ0v) is 21.0. The Morgan fingerprint density at radius 1 is 0.919 bits per heavy atom. The normalized spacial score (nSPS) is 12.7. The molecule has 2 amide bonds. The second-order valence-corrected chi connectivity index (χ2v) is 9.01. The first-order valence-corrected chi connectivity index (χ1v) is 12.2. The Balaban J connectivity index is 1.65. The van der Waals surface area contributed by atoms with Gasteiger partial charge in [0.2, 0.25) is 0 Å². The number of anilines is 4. The molecule has 1 aliphatic rings. The number of halogens is 1. The molecule has 0 saturated heterocycles. The Morgan fingerprint density at radius 3 is 2.24 bits per heavy atom. The van der Waals surface area contributed by atoms with Crippen molar-refractivity contribution >= 4 is 62.6 Å². The maximum Gasteiger partial charge on any atom is 0.294 e. The van der Waals surface area contributed by atoms with Crippen LogP contribution in [0.15, 0.2) is 72.8 Å². The van der Waals surface area contributed by atoms with Crippen LogP contribution in [0.25, 0.3) is 10.8 Å². The molecule has 0 aromatic heterocycles. The molecule has 4 aromatic carbocycles. The van der Waals surface area contributed by atoms with Crippen molar-refractivity contribution in [1.82, 2.24) is 0 Å². The molecule has 186 valence electrons. The smallest absolute Gasteiger partial charge is 0.294 e. The first-order valence-electron chi connectivity index (χ1n) is 11.8. The average molecular weight is 515 g/mol. The molecule has 4 aromatic rings. The van der Waals surface area contributed by atoms with Gasteiger partial charge in [0.05, 0.1) is 16.2 Å². The minimum atomic E-state index is -0.610. The summed E-state index contributed by atoms with van der Waals surface area (Å²) in [6, 6.07) is 20.1. The van der Waals surface area contributed by atoms with Crippen LogP contribution < -0.4 is 15.1 Å². The summed E-state index contributed by atoms with van der Waals surface area (Å²) in [7, 11) is 0. The minimum absolute atomic E-state index is 0.0985. The third-order valence-corrected chi connectivity index (χ3v) is 6.77. The van der Waals surface area contributed by atoms with E-state index in [1.54, 1.807) is 54.6 Å². The maximum atomic E-state index is 13.7. The van der Waals surface area contributed by atoms with E-state index in [9.17, 15) is 19.7 Å². The van der Waals surface area contributed by atoms with Gasteiger partial charge in [0, 0.05) is 51.9 Å². The van der Waals surface area contributed by atoms with Crippen LogP contribution in [0.2, 0.25) is 5.02 Å². The van der Waals surface area contributed by atoms with Gasteiger partial charge in [-0.15, -0.1) is 0 Å². The highest BCUT2D eigenvalue weighted by Crippen LogP contribution is 2.42. The highest BCUT2D eigenvalue weighted by molar-refractivity contribution is 6.37. The highest BCUT2D eigenvalue weighted by Gasteiger charge is 2.37. The zero-order valence-electron chi connectivity index (χ0n) is 20.2. The fraction of sp³-hybridized carbons (Fsp3) is 0.143. The van der Waals surface area contributed by atoms with Crippen molar-refractivity contribution in [3.8, 4) is 0 Å². The molecular weight excluding hydrogens is 492 g/mol. The van der Waals surface area contributed by atoms with Crippen molar-refractivity contribution in [2.24, 2.45) is 0 Å². The third-order valence-electron chi connectivity index (χ3n) is 6.53. The molecule has 37 heavy (non-hydrogen) atoms. The molecule has 0 saturated carbocycles. The molecule has 1 heterocycles. The lowest BCUT2D eigenvalue weighted by atomic mass is 9.91. The van der Waals surface area contributed by atoms with Crippen LogP contribution in [0, 0.1) is 10.1 Å². The number of hydrogen-bond acceptors (Lipinski definition) is 6. The first-order chi connectivity index (χ1) is 17.8. The second kappa shape index (κ2) is 9.55. The molecule has 0 unspecified atom stereocenters. The quantitative estimate of drug-likeness (QED) is 0.166. The zero-order chi connectivity index (χ0) is 26.3. The lowest BCUT2D eigenvalue weighted by Gasteiger charge is -2.28. The fourth-order valence-corrected chi connectivity index (χ4v) is 4.96. The molecule has 1 N–H and O–H groups in total. The second-order valence-electron chi connectivity index (χ2n) is 8.57. The van der Waals surface area contributed by atoms with Crippen molar-refractivity contribution in [1.29, 1.82) is 0 Å². The number of benzene rings is 4. The summed E-state index contributed by atoms with van der Waals surface area (Å²) < 4.78 is 0. The Labute approximate surface area is 218 Å². The van der Waals surface area contributed by atoms with E-state index in [2.05, 4.69) is 24.1 Å². The van der Waals surface area contributed by atoms with E-state index in [-0.39, 0.29) is 16.9 Å². The summed E-state index contributed by atoms with van der Waals surface area (Å²) in [5, 5.41) is 16.4. The van der Waals surface area contributed by atoms with Gasteiger partial charge in [-0.25, -0.2) is 4.90 Å². The van der Waals surface area contributed by atoms with E-state index >= 15 is 0 Å². The maximum absolute atomic E-state index is 13.7. The monoisotopic (exact) mass is 514 g/mol. The van der Waals surface area contributed by atoms with E-state index in [1.165, 1.54) is 6.07 Å². The van der Waals surface area contributed by atoms with Crippen LogP contribution in [0.1, 0.15) is 34.6 Å². The van der Waals surface area contributed by atoms with E-state index in [4.69, 9.17) is 11.6 Å². The number of nitro groups is 1. The third kappa shape index (κ3) is 4.15. The fourth-order valence-electron chi connectivity index (χ4n) is 4.77.